The fourth-order valence-electron chi connectivity index (χ4n) is 4.57. The molecule has 1 aliphatic rings. The van der Waals surface area contributed by atoms with Crippen LogP contribution in [0.5, 0.6) is 0 Å². The van der Waals surface area contributed by atoms with Gasteiger partial charge in [-0.05, 0) is 54.8 Å². The Kier molecular flexibility index (Phi) is 8.76. The van der Waals surface area contributed by atoms with E-state index < -0.39 is 23.3 Å². The standard InChI is InChI=1S/C28H30N4O5S/c1-20(18-28(34)35)32(38(36)37)31-16-14-30(15-17-31)25-11-8-22(9-12-25)6-7-23-10-13-26-24(19-23)4-3-5-27(26)29-21(2)33/h3-5,8-13,19-20H,14-18H2,1-2H3,(H,29,33)(H,34,35)(H,36,37). The van der Waals surface area contributed by atoms with Crippen LogP contribution in [0.25, 0.3) is 10.8 Å². The molecule has 0 bridgehead atoms. The SMILES string of the molecule is CC(=O)Nc1cccc2cc(C#Cc3ccc(N4CCN(N(C(C)CC(=O)O)S(=O)O)CC4)cc3)ccc12. The maximum atomic E-state index is 11.9. The van der Waals surface area contributed by atoms with Crippen LogP contribution >= 0.6 is 0 Å². The van der Waals surface area contributed by atoms with Gasteiger partial charge in [0.1, 0.15) is 0 Å². The van der Waals surface area contributed by atoms with Gasteiger partial charge in [-0.15, -0.1) is 4.41 Å². The molecule has 4 rings (SSSR count). The number of carbonyl (C=O) groups is 2. The highest BCUT2D eigenvalue weighted by Gasteiger charge is 2.30. The van der Waals surface area contributed by atoms with E-state index in [9.17, 15) is 18.4 Å². The van der Waals surface area contributed by atoms with Crippen LogP contribution in [-0.4, -0.2) is 67.4 Å². The highest BCUT2D eigenvalue weighted by Crippen LogP contribution is 2.24. The van der Waals surface area contributed by atoms with E-state index in [1.54, 1.807) is 11.9 Å². The Morgan fingerprint density at radius 2 is 1.68 bits per heavy atom. The van der Waals surface area contributed by atoms with Crippen LogP contribution in [0.3, 0.4) is 0 Å². The second kappa shape index (κ2) is 12.2. The maximum absolute atomic E-state index is 11.9. The summed E-state index contributed by atoms with van der Waals surface area (Å²) >= 11 is -2.29. The fourth-order valence-corrected chi connectivity index (χ4v) is 5.32. The number of fused-ring (bicyclic) bond motifs is 1. The van der Waals surface area contributed by atoms with Gasteiger partial charge in [0, 0.05) is 67.0 Å². The van der Waals surface area contributed by atoms with Crippen molar-refractivity contribution in [3.05, 3.63) is 71.8 Å². The Morgan fingerprint density at radius 1 is 1.03 bits per heavy atom. The molecular formula is C28H30N4O5S. The number of hydrazine groups is 1. The summed E-state index contributed by atoms with van der Waals surface area (Å²) in [7, 11) is 0. The first kappa shape index (κ1) is 27.3. The van der Waals surface area contributed by atoms with E-state index in [1.807, 2.05) is 60.7 Å². The molecule has 10 heteroatoms. The zero-order valence-electron chi connectivity index (χ0n) is 21.3. The highest BCUT2D eigenvalue weighted by atomic mass is 32.2. The number of amides is 1. The molecule has 0 saturated carbocycles. The van der Waals surface area contributed by atoms with E-state index in [4.69, 9.17) is 5.11 Å². The number of hydrogen-bond donors (Lipinski definition) is 3. The predicted molar refractivity (Wildman–Crippen MR) is 149 cm³/mol. The number of carbonyl (C=O) groups excluding carboxylic acids is 1. The average molecular weight is 535 g/mol. The molecule has 0 radical (unpaired) electrons. The van der Waals surface area contributed by atoms with Crippen LogP contribution < -0.4 is 10.2 Å². The molecule has 1 fully saturated rings. The van der Waals surface area contributed by atoms with E-state index in [2.05, 4.69) is 22.1 Å². The number of nitrogens with zero attached hydrogens (tertiary/aromatic N) is 3. The van der Waals surface area contributed by atoms with Crippen LogP contribution in [-0.2, 0) is 20.9 Å². The van der Waals surface area contributed by atoms with E-state index in [-0.39, 0.29) is 12.3 Å². The number of anilines is 2. The molecule has 0 aromatic heterocycles. The van der Waals surface area contributed by atoms with Crippen molar-refractivity contribution in [3.63, 3.8) is 0 Å². The molecule has 3 aromatic carbocycles. The first-order chi connectivity index (χ1) is 18.2. The van der Waals surface area contributed by atoms with Crippen molar-refractivity contribution >= 4 is 45.3 Å². The summed E-state index contributed by atoms with van der Waals surface area (Å²) in [5, 5.41) is 15.6. The van der Waals surface area contributed by atoms with Crippen molar-refractivity contribution in [2.45, 2.75) is 26.3 Å². The molecule has 9 nitrogen and oxygen atoms in total. The first-order valence-corrected chi connectivity index (χ1v) is 13.3. The summed E-state index contributed by atoms with van der Waals surface area (Å²) in [6.45, 7) is 5.40. The Balaban J connectivity index is 1.40. The van der Waals surface area contributed by atoms with Gasteiger partial charge < -0.3 is 15.3 Å². The molecule has 2 unspecified atom stereocenters. The van der Waals surface area contributed by atoms with Crippen LogP contribution in [0, 0.1) is 11.8 Å². The molecule has 0 aliphatic carbocycles. The van der Waals surface area contributed by atoms with Crippen molar-refractivity contribution in [3.8, 4) is 11.8 Å². The fraction of sp³-hybridized carbons (Fsp3) is 0.286. The van der Waals surface area contributed by atoms with E-state index >= 15 is 0 Å². The summed E-state index contributed by atoms with van der Waals surface area (Å²) in [5.41, 5.74) is 3.56. The van der Waals surface area contributed by atoms with Crippen molar-refractivity contribution in [2.24, 2.45) is 0 Å². The van der Waals surface area contributed by atoms with Gasteiger partial charge in [-0.25, -0.2) is 9.22 Å². The van der Waals surface area contributed by atoms with Gasteiger partial charge in [0.2, 0.25) is 17.2 Å². The molecule has 1 aliphatic heterocycles. The number of rotatable bonds is 7. The van der Waals surface area contributed by atoms with Crippen LogP contribution in [0.15, 0.2) is 60.7 Å². The van der Waals surface area contributed by atoms with Crippen LogP contribution in [0.2, 0.25) is 0 Å². The van der Waals surface area contributed by atoms with Gasteiger partial charge in [0.15, 0.2) is 0 Å². The maximum Gasteiger partial charge on any atom is 0.305 e. The second-order valence-electron chi connectivity index (χ2n) is 9.14. The molecular weight excluding hydrogens is 504 g/mol. The molecule has 3 aromatic rings. The summed E-state index contributed by atoms with van der Waals surface area (Å²) < 4.78 is 22.8. The molecule has 3 N–H and O–H groups in total. The Morgan fingerprint density at radius 3 is 2.32 bits per heavy atom. The zero-order chi connectivity index (χ0) is 27.2. The number of carboxylic acid groups (broad SMARTS) is 1. The quantitative estimate of drug-likeness (QED) is 0.314. The van der Waals surface area contributed by atoms with Gasteiger partial charge in [0.25, 0.3) is 0 Å². The monoisotopic (exact) mass is 534 g/mol. The molecule has 198 valence electrons. The van der Waals surface area contributed by atoms with Crippen molar-refractivity contribution < 1.29 is 23.5 Å². The molecule has 1 saturated heterocycles. The predicted octanol–water partition coefficient (Wildman–Crippen LogP) is 3.54. The van der Waals surface area contributed by atoms with Gasteiger partial charge in [-0.1, -0.05) is 30.0 Å². The second-order valence-corrected chi connectivity index (χ2v) is 9.98. The summed E-state index contributed by atoms with van der Waals surface area (Å²) in [5.74, 6) is 5.29. The lowest BCUT2D eigenvalue weighted by molar-refractivity contribution is -0.139. The summed E-state index contributed by atoms with van der Waals surface area (Å²) in [6.07, 6.45) is -0.216. The molecule has 1 amide bonds. The smallest absolute Gasteiger partial charge is 0.305 e. The lowest BCUT2D eigenvalue weighted by Gasteiger charge is -2.41. The number of nitrogens with one attached hydrogen (secondary N) is 1. The topological polar surface area (TPSA) is 113 Å². The highest BCUT2D eigenvalue weighted by molar-refractivity contribution is 7.76. The number of benzene rings is 3. The average Bonchev–Trinajstić information content (AvgIpc) is 2.87. The van der Waals surface area contributed by atoms with Gasteiger partial charge in [0.05, 0.1) is 6.42 Å². The lowest BCUT2D eigenvalue weighted by Crippen LogP contribution is -2.57. The van der Waals surface area contributed by atoms with Gasteiger partial charge in [-0.3, -0.25) is 14.1 Å². The third-order valence-corrected chi connectivity index (χ3v) is 7.23. The molecule has 1 heterocycles. The number of carboxylic acids is 1. The minimum absolute atomic E-state index is 0.111. The van der Waals surface area contributed by atoms with E-state index in [0.29, 0.717) is 26.2 Å². The number of aliphatic carboxylic acids is 1. The molecule has 38 heavy (non-hydrogen) atoms. The minimum atomic E-state index is -2.29. The first-order valence-electron chi connectivity index (χ1n) is 12.3. The number of piperazine rings is 1. The number of hydrogen-bond acceptors (Lipinski definition) is 5. The summed E-state index contributed by atoms with van der Waals surface area (Å²) in [4.78, 5) is 24.7. The third kappa shape index (κ3) is 6.76. The van der Waals surface area contributed by atoms with E-state index in [0.717, 1.165) is 33.3 Å². The van der Waals surface area contributed by atoms with Gasteiger partial charge in [-0.2, -0.15) is 0 Å². The largest absolute Gasteiger partial charge is 0.481 e. The minimum Gasteiger partial charge on any atom is -0.481 e. The van der Waals surface area contributed by atoms with Crippen molar-refractivity contribution in [1.82, 2.24) is 9.42 Å². The molecule has 2 atom stereocenters. The van der Waals surface area contributed by atoms with Crippen molar-refractivity contribution in [1.29, 1.82) is 0 Å². The van der Waals surface area contributed by atoms with Crippen LogP contribution in [0.1, 0.15) is 31.4 Å². The lowest BCUT2D eigenvalue weighted by atomic mass is 10.0. The van der Waals surface area contributed by atoms with Crippen molar-refractivity contribution in [2.75, 3.05) is 36.4 Å². The Hall–Kier alpha value is -3.75. The van der Waals surface area contributed by atoms with Gasteiger partial charge >= 0.3 is 5.97 Å². The van der Waals surface area contributed by atoms with Crippen LogP contribution in [0.4, 0.5) is 11.4 Å². The van der Waals surface area contributed by atoms with E-state index in [1.165, 1.54) is 11.3 Å². The zero-order valence-corrected chi connectivity index (χ0v) is 22.1. The Labute approximate surface area is 224 Å². The third-order valence-electron chi connectivity index (χ3n) is 6.32. The normalized spacial score (nSPS) is 15.5. The Bertz CT molecular complexity index is 1410. The summed E-state index contributed by atoms with van der Waals surface area (Å²) in [6, 6.07) is 19.0. The molecule has 0 spiro atoms.